The highest BCUT2D eigenvalue weighted by Crippen LogP contribution is 2.67. The molecule has 43 heavy (non-hydrogen) atoms. The number of nitrogens with one attached hydrogen (secondary N) is 3. The first-order valence-electron chi connectivity index (χ1n) is 14.8. The number of nitrogens with zero attached hydrogens (tertiary/aromatic N) is 2. The molecule has 5 aromatic rings. The van der Waals surface area contributed by atoms with E-state index in [2.05, 4.69) is 34.0 Å². The van der Waals surface area contributed by atoms with Crippen LogP contribution in [-0.2, 0) is 5.41 Å². The second-order valence-electron chi connectivity index (χ2n) is 11.8. The first kappa shape index (κ1) is 25.6. The summed E-state index contributed by atoms with van der Waals surface area (Å²) < 4.78 is 5.92. The van der Waals surface area contributed by atoms with Crippen molar-refractivity contribution in [2.75, 3.05) is 29.9 Å². The van der Waals surface area contributed by atoms with Crippen molar-refractivity contribution in [3.63, 3.8) is 0 Å². The number of carbonyl (C=O) groups is 3. The van der Waals surface area contributed by atoms with E-state index in [0.29, 0.717) is 35.1 Å². The number of rotatable bonds is 6. The van der Waals surface area contributed by atoms with Gasteiger partial charge in [0.05, 0.1) is 5.69 Å². The second kappa shape index (κ2) is 8.97. The van der Waals surface area contributed by atoms with E-state index in [1.807, 2.05) is 43.5 Å². The zero-order valence-electron chi connectivity index (χ0n) is 24.2. The quantitative estimate of drug-likeness (QED) is 0.226. The second-order valence-corrected chi connectivity index (χ2v) is 11.8. The number of benzene rings is 2. The van der Waals surface area contributed by atoms with Crippen LogP contribution in [0, 0.1) is 12.8 Å². The minimum absolute atomic E-state index is 0.0834. The average molecular weight is 574 g/mol. The van der Waals surface area contributed by atoms with Gasteiger partial charge in [0, 0.05) is 76.7 Å². The average Bonchev–Trinajstić information content (AvgIpc) is 3.45. The van der Waals surface area contributed by atoms with Crippen LogP contribution in [0.1, 0.15) is 62.9 Å². The van der Waals surface area contributed by atoms with Crippen LogP contribution in [0.25, 0.3) is 21.9 Å². The van der Waals surface area contributed by atoms with Crippen molar-refractivity contribution >= 4 is 50.8 Å². The predicted molar refractivity (Wildman–Crippen MR) is 165 cm³/mol. The number of amides is 2. The van der Waals surface area contributed by atoms with E-state index in [4.69, 9.17) is 4.42 Å². The molecule has 1 unspecified atom stereocenters. The maximum Gasteiger partial charge on any atom is 0.291 e. The molecule has 2 fully saturated rings. The van der Waals surface area contributed by atoms with Crippen molar-refractivity contribution in [1.82, 2.24) is 14.9 Å². The molecule has 1 spiro atoms. The van der Waals surface area contributed by atoms with E-state index in [9.17, 15) is 14.4 Å². The Hall–Kier alpha value is -5.05. The van der Waals surface area contributed by atoms with Crippen LogP contribution in [0.4, 0.5) is 11.4 Å². The number of aryl methyl sites for hydroxylation is 1. The molecule has 2 aromatic carbocycles. The Morgan fingerprint density at radius 2 is 1.93 bits per heavy atom. The van der Waals surface area contributed by atoms with Gasteiger partial charge in [-0.15, -0.1) is 0 Å². The summed E-state index contributed by atoms with van der Waals surface area (Å²) in [6.45, 7) is 8.59. The van der Waals surface area contributed by atoms with Crippen LogP contribution < -0.4 is 10.2 Å². The molecule has 3 aromatic heterocycles. The number of hydrogen-bond donors (Lipinski definition) is 3. The fourth-order valence-corrected chi connectivity index (χ4v) is 7.33. The van der Waals surface area contributed by atoms with Crippen LogP contribution >= 0.6 is 0 Å². The smallest absolute Gasteiger partial charge is 0.291 e. The number of allylic oxidation sites excluding steroid dienone is 2. The van der Waals surface area contributed by atoms with Crippen molar-refractivity contribution in [2.45, 2.75) is 32.6 Å². The molecule has 9 nitrogen and oxygen atoms in total. The highest BCUT2D eigenvalue weighted by molar-refractivity contribution is 6.10. The number of furan rings is 1. The van der Waals surface area contributed by atoms with Gasteiger partial charge in [0.1, 0.15) is 11.3 Å². The summed E-state index contributed by atoms with van der Waals surface area (Å²) in [6.07, 6.45) is 4.49. The SMILES string of the molecule is CCN(CC)c1ccc2cc(C(=O)Nc3ccc4[nH]c(C(=O)N5CC6C[C@@]67C5=CC(=O)c5[nH]cc(C)c57)cc4c3)oc2c1. The lowest BCUT2D eigenvalue weighted by molar-refractivity contribution is 0.0806. The van der Waals surface area contributed by atoms with Crippen molar-refractivity contribution < 1.29 is 18.8 Å². The molecular formula is C34H31N5O4. The fourth-order valence-electron chi connectivity index (χ4n) is 7.33. The van der Waals surface area contributed by atoms with Gasteiger partial charge in [-0.2, -0.15) is 0 Å². The largest absolute Gasteiger partial charge is 0.451 e. The highest BCUT2D eigenvalue weighted by atomic mass is 16.3. The number of H-pyrrole nitrogens is 2. The van der Waals surface area contributed by atoms with Crippen molar-refractivity contribution in [1.29, 1.82) is 0 Å². The van der Waals surface area contributed by atoms with Gasteiger partial charge in [-0.1, -0.05) is 0 Å². The van der Waals surface area contributed by atoms with Gasteiger partial charge in [0.25, 0.3) is 11.8 Å². The summed E-state index contributed by atoms with van der Waals surface area (Å²) in [5.41, 5.74) is 6.89. The molecule has 2 aliphatic carbocycles. The van der Waals surface area contributed by atoms with Crippen LogP contribution in [0.5, 0.6) is 0 Å². The molecule has 1 saturated heterocycles. The van der Waals surface area contributed by atoms with E-state index in [-0.39, 0.29) is 28.8 Å². The van der Waals surface area contributed by atoms with Crippen molar-refractivity contribution in [3.05, 3.63) is 94.8 Å². The van der Waals surface area contributed by atoms with E-state index in [1.54, 1.807) is 29.2 Å². The molecule has 0 bridgehead atoms. The number of likely N-dealkylation sites (tertiary alicyclic amines) is 1. The molecule has 3 N–H and O–H groups in total. The zero-order chi connectivity index (χ0) is 29.6. The van der Waals surface area contributed by atoms with Crippen molar-refractivity contribution in [3.8, 4) is 0 Å². The molecule has 1 aliphatic heterocycles. The van der Waals surface area contributed by atoms with Gasteiger partial charge in [-0.3, -0.25) is 14.4 Å². The molecule has 1 saturated carbocycles. The van der Waals surface area contributed by atoms with Crippen LogP contribution in [0.2, 0.25) is 0 Å². The highest BCUT2D eigenvalue weighted by Gasteiger charge is 2.68. The molecule has 2 amide bonds. The zero-order valence-corrected chi connectivity index (χ0v) is 24.2. The van der Waals surface area contributed by atoms with Crippen molar-refractivity contribution in [2.24, 2.45) is 5.92 Å². The summed E-state index contributed by atoms with van der Waals surface area (Å²) in [5.74, 6) is -0.0383. The third-order valence-corrected chi connectivity index (χ3v) is 9.50. The Morgan fingerprint density at radius 1 is 1.09 bits per heavy atom. The normalized spacial score (nSPS) is 20.2. The molecule has 0 radical (unpaired) electrons. The predicted octanol–water partition coefficient (Wildman–Crippen LogP) is 6.14. The molecule has 3 aliphatic rings. The molecule has 216 valence electrons. The van der Waals surface area contributed by atoms with E-state index >= 15 is 0 Å². The number of hydrogen-bond acceptors (Lipinski definition) is 5. The maximum atomic E-state index is 13.8. The lowest BCUT2D eigenvalue weighted by Crippen LogP contribution is -2.34. The number of anilines is 2. The standard InChI is InChI=1S/C34H31N5O4/c1-4-38(5-2)23-8-6-19-12-28(43-27(19)13-23)32(41)36-22-7-9-24-20(10-22)11-25(37-24)33(42)39-17-21-15-34(21)29(39)14-26(40)31-30(34)18(3)16-35-31/h6-14,16,21,35,37H,4-5,15,17H2,1-3H3,(H,36,41)/t21?,34-/m0/s1. The van der Waals surface area contributed by atoms with Gasteiger partial charge in [-0.05, 0) is 86.7 Å². The lowest BCUT2D eigenvalue weighted by Gasteiger charge is -2.28. The first-order chi connectivity index (χ1) is 20.8. The minimum Gasteiger partial charge on any atom is -0.451 e. The van der Waals surface area contributed by atoms with Gasteiger partial charge in [0.2, 0.25) is 5.78 Å². The van der Waals surface area contributed by atoms with E-state index in [1.165, 1.54) is 0 Å². The third-order valence-electron chi connectivity index (χ3n) is 9.50. The monoisotopic (exact) mass is 573 g/mol. The summed E-state index contributed by atoms with van der Waals surface area (Å²) in [6, 6.07) is 15.0. The summed E-state index contributed by atoms with van der Waals surface area (Å²) >= 11 is 0. The lowest BCUT2D eigenvalue weighted by atomic mass is 9.83. The Kier molecular flexibility index (Phi) is 5.35. The van der Waals surface area contributed by atoms with Gasteiger partial charge >= 0.3 is 0 Å². The Bertz CT molecular complexity index is 2040. The number of fused-ring (bicyclic) bond motifs is 3. The first-order valence-corrected chi connectivity index (χ1v) is 14.8. The Morgan fingerprint density at radius 3 is 2.74 bits per heavy atom. The van der Waals surface area contributed by atoms with Crippen LogP contribution in [0.3, 0.4) is 0 Å². The third kappa shape index (κ3) is 3.67. The summed E-state index contributed by atoms with van der Waals surface area (Å²) in [5, 5.41) is 4.59. The number of aromatic amines is 2. The Labute approximate surface area is 247 Å². The summed E-state index contributed by atoms with van der Waals surface area (Å²) in [4.78, 5) is 50.1. The maximum absolute atomic E-state index is 13.8. The molecule has 8 rings (SSSR count). The van der Waals surface area contributed by atoms with E-state index in [0.717, 1.165) is 58.3 Å². The van der Waals surface area contributed by atoms with Crippen LogP contribution in [-0.4, -0.2) is 52.1 Å². The summed E-state index contributed by atoms with van der Waals surface area (Å²) in [7, 11) is 0. The molecular weight excluding hydrogens is 542 g/mol. The van der Waals surface area contributed by atoms with Crippen LogP contribution in [0.15, 0.2) is 70.9 Å². The number of piperidine rings is 1. The van der Waals surface area contributed by atoms with Gasteiger partial charge < -0.3 is 29.5 Å². The fraction of sp³-hybridized carbons (Fsp3) is 0.265. The number of carbonyl (C=O) groups excluding carboxylic acids is 3. The molecule has 9 heteroatoms. The van der Waals surface area contributed by atoms with Gasteiger partial charge in [-0.25, -0.2) is 0 Å². The Balaban J connectivity index is 1.03. The molecule has 2 atom stereocenters. The minimum atomic E-state index is -0.346. The number of aromatic nitrogens is 2. The number of ketones is 1. The topological polar surface area (TPSA) is 114 Å². The van der Waals surface area contributed by atoms with E-state index < -0.39 is 0 Å². The molecule has 4 heterocycles. The van der Waals surface area contributed by atoms with Gasteiger partial charge in [0.15, 0.2) is 5.76 Å².